The van der Waals surface area contributed by atoms with Gasteiger partial charge >= 0.3 is 0 Å². The molecule has 3 heterocycles. The van der Waals surface area contributed by atoms with Crippen LogP contribution in [-0.4, -0.2) is 43.8 Å². The van der Waals surface area contributed by atoms with Crippen molar-refractivity contribution in [2.24, 2.45) is 0 Å². The second kappa shape index (κ2) is 6.88. The Kier molecular flexibility index (Phi) is 4.42. The van der Waals surface area contributed by atoms with Gasteiger partial charge in [-0.05, 0) is 43.2 Å². The summed E-state index contributed by atoms with van der Waals surface area (Å²) < 4.78 is 0. The van der Waals surface area contributed by atoms with Crippen LogP contribution < -0.4 is 0 Å². The van der Waals surface area contributed by atoms with Gasteiger partial charge in [0.25, 0.3) is 5.91 Å². The van der Waals surface area contributed by atoms with Crippen LogP contribution in [0.25, 0.3) is 11.3 Å². The Labute approximate surface area is 156 Å². The molecule has 2 unspecified atom stereocenters. The minimum atomic E-state index is -0.0327. The monoisotopic (exact) mass is 367 g/mol. The van der Waals surface area contributed by atoms with Crippen LogP contribution in [0.15, 0.2) is 48.8 Å². The number of aromatic nitrogens is 4. The summed E-state index contributed by atoms with van der Waals surface area (Å²) in [6, 6.07) is 11.6. The lowest BCUT2D eigenvalue weighted by Crippen LogP contribution is -2.34. The van der Waals surface area contributed by atoms with E-state index >= 15 is 0 Å². The summed E-state index contributed by atoms with van der Waals surface area (Å²) in [5.41, 5.74) is 3.21. The predicted molar refractivity (Wildman–Crippen MR) is 98.9 cm³/mol. The van der Waals surface area contributed by atoms with Crippen molar-refractivity contribution in [1.82, 2.24) is 25.3 Å². The zero-order valence-electron chi connectivity index (χ0n) is 14.3. The lowest BCUT2D eigenvalue weighted by atomic mass is 9.97. The van der Waals surface area contributed by atoms with Gasteiger partial charge in [0, 0.05) is 29.1 Å². The molecule has 0 radical (unpaired) electrons. The number of halogens is 1. The molecule has 132 valence electrons. The molecule has 3 aromatic rings. The highest BCUT2D eigenvalue weighted by Gasteiger charge is 2.34. The van der Waals surface area contributed by atoms with Gasteiger partial charge < -0.3 is 4.90 Å². The maximum absolute atomic E-state index is 12.9. The first-order valence-electron chi connectivity index (χ1n) is 8.50. The quantitative estimate of drug-likeness (QED) is 0.768. The van der Waals surface area contributed by atoms with E-state index in [0.717, 1.165) is 17.0 Å². The molecule has 0 saturated carbocycles. The van der Waals surface area contributed by atoms with Crippen molar-refractivity contribution >= 4 is 17.5 Å². The first-order chi connectivity index (χ1) is 12.6. The molecule has 0 bridgehead atoms. The smallest absolute Gasteiger partial charge is 0.272 e. The minimum absolute atomic E-state index is 0.0327. The van der Waals surface area contributed by atoms with Crippen molar-refractivity contribution in [1.29, 1.82) is 0 Å². The molecule has 1 aliphatic heterocycles. The summed E-state index contributed by atoms with van der Waals surface area (Å²) in [6.45, 7) is 2.77. The molecule has 7 heteroatoms. The molecule has 1 fully saturated rings. The number of nitrogens with zero attached hydrogens (tertiary/aromatic N) is 4. The Balaban J connectivity index is 1.51. The van der Waals surface area contributed by atoms with E-state index in [1.54, 1.807) is 18.5 Å². The molecular formula is C19H18ClN5O. The summed E-state index contributed by atoms with van der Waals surface area (Å²) >= 11 is 5.98. The molecule has 26 heavy (non-hydrogen) atoms. The average Bonchev–Trinajstić information content (AvgIpc) is 3.30. The maximum Gasteiger partial charge on any atom is 0.272 e. The molecule has 1 aromatic carbocycles. The maximum atomic E-state index is 12.9. The SMILES string of the molecule is CC1CC(c2ccc(Cl)cc2)CN1C(=O)c1cc(-c2ccnnc2)n[nH]1. The summed E-state index contributed by atoms with van der Waals surface area (Å²) in [5, 5.41) is 15.4. The largest absolute Gasteiger partial charge is 0.334 e. The number of carbonyl (C=O) groups excluding carboxylic acids is 1. The molecule has 4 rings (SSSR count). The van der Waals surface area contributed by atoms with Crippen LogP contribution in [0, 0.1) is 0 Å². The number of aromatic amines is 1. The van der Waals surface area contributed by atoms with Crippen LogP contribution in [0.5, 0.6) is 0 Å². The molecule has 1 saturated heterocycles. The van der Waals surface area contributed by atoms with Gasteiger partial charge in [-0.3, -0.25) is 9.89 Å². The molecule has 1 aliphatic rings. The topological polar surface area (TPSA) is 74.8 Å². The number of rotatable bonds is 3. The number of carbonyl (C=O) groups is 1. The van der Waals surface area contributed by atoms with Crippen LogP contribution in [0.3, 0.4) is 0 Å². The second-order valence-electron chi connectivity index (χ2n) is 6.59. The van der Waals surface area contributed by atoms with E-state index in [9.17, 15) is 4.79 Å². The van der Waals surface area contributed by atoms with Gasteiger partial charge in [-0.1, -0.05) is 23.7 Å². The average molecular weight is 368 g/mol. The Morgan fingerprint density at radius 3 is 2.77 bits per heavy atom. The van der Waals surface area contributed by atoms with E-state index in [1.807, 2.05) is 35.2 Å². The molecule has 0 aliphatic carbocycles. The van der Waals surface area contributed by atoms with Crippen LogP contribution in [0.4, 0.5) is 0 Å². The fraction of sp³-hybridized carbons (Fsp3) is 0.263. The van der Waals surface area contributed by atoms with Crippen LogP contribution >= 0.6 is 11.6 Å². The third-order valence-corrected chi connectivity index (χ3v) is 5.12. The molecule has 1 N–H and O–H groups in total. The molecule has 2 atom stereocenters. The summed E-state index contributed by atoms with van der Waals surface area (Å²) in [4.78, 5) is 14.8. The Bertz CT molecular complexity index is 909. The number of H-pyrrole nitrogens is 1. The summed E-state index contributed by atoms with van der Waals surface area (Å²) in [5.74, 6) is 0.285. The molecule has 0 spiro atoms. The first-order valence-corrected chi connectivity index (χ1v) is 8.88. The van der Waals surface area contributed by atoms with Crippen molar-refractivity contribution in [3.8, 4) is 11.3 Å². The van der Waals surface area contributed by atoms with E-state index < -0.39 is 0 Å². The van der Waals surface area contributed by atoms with Gasteiger partial charge in [0.1, 0.15) is 5.69 Å². The molecule has 1 amide bonds. The minimum Gasteiger partial charge on any atom is -0.334 e. The van der Waals surface area contributed by atoms with E-state index in [1.165, 1.54) is 5.56 Å². The fourth-order valence-corrected chi connectivity index (χ4v) is 3.59. The summed E-state index contributed by atoms with van der Waals surface area (Å²) in [7, 11) is 0. The number of hydrogen-bond acceptors (Lipinski definition) is 4. The summed E-state index contributed by atoms with van der Waals surface area (Å²) in [6.07, 6.45) is 4.16. The van der Waals surface area contributed by atoms with E-state index in [4.69, 9.17) is 11.6 Å². The number of amides is 1. The van der Waals surface area contributed by atoms with E-state index in [0.29, 0.717) is 23.9 Å². The third kappa shape index (κ3) is 3.20. The Morgan fingerprint density at radius 1 is 1.23 bits per heavy atom. The number of hydrogen-bond donors (Lipinski definition) is 1. The third-order valence-electron chi connectivity index (χ3n) is 4.87. The Morgan fingerprint density at radius 2 is 2.04 bits per heavy atom. The van der Waals surface area contributed by atoms with Gasteiger partial charge in [0.2, 0.25) is 0 Å². The van der Waals surface area contributed by atoms with Crippen LogP contribution in [0.1, 0.15) is 35.3 Å². The zero-order valence-corrected chi connectivity index (χ0v) is 15.0. The van der Waals surface area contributed by atoms with Crippen molar-refractivity contribution in [3.05, 3.63) is 65.1 Å². The van der Waals surface area contributed by atoms with E-state index in [-0.39, 0.29) is 11.9 Å². The highest BCUT2D eigenvalue weighted by molar-refractivity contribution is 6.30. The van der Waals surface area contributed by atoms with Gasteiger partial charge in [-0.15, -0.1) is 0 Å². The van der Waals surface area contributed by atoms with Gasteiger partial charge in [0.15, 0.2) is 0 Å². The van der Waals surface area contributed by atoms with Crippen LogP contribution in [-0.2, 0) is 0 Å². The van der Waals surface area contributed by atoms with E-state index in [2.05, 4.69) is 27.3 Å². The highest BCUT2D eigenvalue weighted by atomic mass is 35.5. The Hall–Kier alpha value is -2.73. The van der Waals surface area contributed by atoms with Crippen molar-refractivity contribution in [3.63, 3.8) is 0 Å². The van der Waals surface area contributed by atoms with Gasteiger partial charge in [-0.2, -0.15) is 15.3 Å². The van der Waals surface area contributed by atoms with Gasteiger partial charge in [-0.25, -0.2) is 0 Å². The van der Waals surface area contributed by atoms with Gasteiger partial charge in [0.05, 0.1) is 18.1 Å². The number of nitrogens with one attached hydrogen (secondary N) is 1. The lowest BCUT2D eigenvalue weighted by Gasteiger charge is -2.20. The molecule has 2 aromatic heterocycles. The predicted octanol–water partition coefficient (Wildman–Crippen LogP) is 3.54. The normalized spacial score (nSPS) is 19.7. The number of benzene rings is 1. The van der Waals surface area contributed by atoms with Crippen LogP contribution in [0.2, 0.25) is 5.02 Å². The lowest BCUT2D eigenvalue weighted by molar-refractivity contribution is 0.0740. The number of likely N-dealkylation sites (tertiary alicyclic amines) is 1. The molecular weight excluding hydrogens is 350 g/mol. The first kappa shape index (κ1) is 16.7. The van der Waals surface area contributed by atoms with Crippen molar-refractivity contribution < 1.29 is 4.79 Å². The standard InChI is InChI=1S/C19H18ClN5O/c1-12-8-15(13-2-4-16(20)5-3-13)11-25(12)19(26)18-9-17(23-24-18)14-6-7-21-22-10-14/h2-7,9-10,12,15H,8,11H2,1H3,(H,23,24). The zero-order chi connectivity index (χ0) is 18.1. The molecule has 6 nitrogen and oxygen atoms in total. The fourth-order valence-electron chi connectivity index (χ4n) is 3.47. The van der Waals surface area contributed by atoms with Crippen molar-refractivity contribution in [2.75, 3.05) is 6.54 Å². The second-order valence-corrected chi connectivity index (χ2v) is 7.03. The highest BCUT2D eigenvalue weighted by Crippen LogP contribution is 2.33. The van der Waals surface area contributed by atoms with Crippen molar-refractivity contribution in [2.45, 2.75) is 25.3 Å².